The van der Waals surface area contributed by atoms with Crippen LogP contribution in [0, 0.1) is 6.92 Å². The van der Waals surface area contributed by atoms with Crippen LogP contribution in [0.2, 0.25) is 23.2 Å². The van der Waals surface area contributed by atoms with E-state index in [-0.39, 0.29) is 10.8 Å². The molecule has 1 aromatic rings. The summed E-state index contributed by atoms with van der Waals surface area (Å²) < 4.78 is 11.8. The van der Waals surface area contributed by atoms with Gasteiger partial charge in [-0.25, -0.2) is 0 Å². The number of nitrogens with two attached hydrogens (primary N) is 1. The number of Topliss-reactive ketones (excluding diaryl/α,β-unsaturated/α-hetero) is 1. The third-order valence-corrected chi connectivity index (χ3v) is 9.43. The molecule has 0 saturated heterocycles. The molecular formula is C17H28ClNO3Si. The lowest BCUT2D eigenvalue weighted by Gasteiger charge is -2.36. The second-order valence-corrected chi connectivity index (χ2v) is 12.5. The van der Waals surface area contributed by atoms with Crippen LogP contribution in [0.1, 0.15) is 43.6 Å². The van der Waals surface area contributed by atoms with Crippen molar-refractivity contribution in [2.24, 2.45) is 0 Å². The van der Waals surface area contributed by atoms with E-state index in [2.05, 4.69) is 33.9 Å². The van der Waals surface area contributed by atoms with E-state index in [0.717, 1.165) is 5.56 Å². The van der Waals surface area contributed by atoms with Crippen molar-refractivity contribution in [1.82, 2.24) is 0 Å². The minimum absolute atomic E-state index is 0.126. The summed E-state index contributed by atoms with van der Waals surface area (Å²) in [5, 5.41) is 0.616. The third kappa shape index (κ3) is 4.72. The van der Waals surface area contributed by atoms with Crippen molar-refractivity contribution in [2.75, 3.05) is 18.9 Å². The molecule has 23 heavy (non-hydrogen) atoms. The maximum Gasteiger partial charge on any atom is 0.192 e. The second kappa shape index (κ2) is 7.24. The average Bonchev–Trinajstić information content (AvgIpc) is 2.41. The van der Waals surface area contributed by atoms with Crippen molar-refractivity contribution in [3.05, 3.63) is 22.2 Å². The van der Waals surface area contributed by atoms with Crippen molar-refractivity contribution < 1.29 is 14.0 Å². The van der Waals surface area contributed by atoms with Gasteiger partial charge in [0.2, 0.25) is 0 Å². The number of rotatable bonds is 6. The van der Waals surface area contributed by atoms with Crippen LogP contribution in [-0.2, 0) is 4.43 Å². The Labute approximate surface area is 145 Å². The molecule has 0 radical (unpaired) electrons. The first-order chi connectivity index (χ1) is 10.4. The van der Waals surface area contributed by atoms with Crippen molar-refractivity contribution in [1.29, 1.82) is 0 Å². The predicted octanol–water partition coefficient (Wildman–Crippen LogP) is 4.83. The molecule has 0 heterocycles. The van der Waals surface area contributed by atoms with E-state index >= 15 is 0 Å². The van der Waals surface area contributed by atoms with E-state index < -0.39 is 8.32 Å². The zero-order valence-electron chi connectivity index (χ0n) is 15.2. The van der Waals surface area contributed by atoms with Crippen LogP contribution < -0.4 is 10.5 Å². The molecule has 0 aliphatic heterocycles. The van der Waals surface area contributed by atoms with Crippen LogP contribution in [0.4, 0.5) is 5.69 Å². The predicted molar refractivity (Wildman–Crippen MR) is 99.2 cm³/mol. The van der Waals surface area contributed by atoms with Gasteiger partial charge in [0.05, 0.1) is 17.9 Å². The summed E-state index contributed by atoms with van der Waals surface area (Å²) in [6, 6.07) is 1.61. The summed E-state index contributed by atoms with van der Waals surface area (Å²) in [4.78, 5) is 11.8. The van der Waals surface area contributed by atoms with E-state index in [4.69, 9.17) is 26.5 Å². The summed E-state index contributed by atoms with van der Waals surface area (Å²) >= 11 is 6.10. The normalized spacial score (nSPS) is 12.3. The number of hydrogen-bond donors (Lipinski definition) is 1. The van der Waals surface area contributed by atoms with Gasteiger partial charge in [0, 0.05) is 5.02 Å². The molecule has 4 nitrogen and oxygen atoms in total. The number of benzene rings is 1. The quantitative estimate of drug-likeness (QED) is 0.342. The zero-order chi connectivity index (χ0) is 18.0. The Morgan fingerprint density at radius 3 is 2.35 bits per heavy atom. The first-order valence-electron chi connectivity index (χ1n) is 7.74. The summed E-state index contributed by atoms with van der Waals surface area (Å²) in [7, 11) is -1.81. The maximum atomic E-state index is 11.8. The number of ketones is 1. The highest BCUT2D eigenvalue weighted by atomic mass is 35.5. The molecular weight excluding hydrogens is 330 g/mol. The summed E-state index contributed by atoms with van der Waals surface area (Å²) in [5.41, 5.74) is 7.60. The van der Waals surface area contributed by atoms with Gasteiger partial charge in [-0.05, 0) is 43.6 Å². The molecule has 1 aromatic carbocycles. The number of halogens is 1. The van der Waals surface area contributed by atoms with Gasteiger partial charge in [-0.2, -0.15) is 0 Å². The van der Waals surface area contributed by atoms with Gasteiger partial charge in [-0.15, -0.1) is 0 Å². The van der Waals surface area contributed by atoms with Crippen LogP contribution in [0.15, 0.2) is 6.07 Å². The van der Waals surface area contributed by atoms with E-state index in [1.165, 1.54) is 6.92 Å². The number of carbonyl (C=O) groups is 1. The van der Waals surface area contributed by atoms with Crippen molar-refractivity contribution >= 4 is 31.4 Å². The Balaban J connectivity index is 2.83. The van der Waals surface area contributed by atoms with Crippen LogP contribution in [0.5, 0.6) is 5.75 Å². The lowest BCUT2D eigenvalue weighted by molar-refractivity contribution is 0.101. The maximum absolute atomic E-state index is 11.8. The molecule has 0 aliphatic rings. The summed E-state index contributed by atoms with van der Waals surface area (Å²) in [6.45, 7) is 15.0. The number of ether oxygens (including phenoxy) is 1. The van der Waals surface area contributed by atoms with Crippen LogP contribution >= 0.6 is 11.6 Å². The molecule has 130 valence electrons. The number of hydrogen-bond acceptors (Lipinski definition) is 4. The van der Waals surface area contributed by atoms with E-state index in [0.29, 0.717) is 35.2 Å². The summed E-state index contributed by atoms with van der Waals surface area (Å²) in [5.74, 6) is 0.275. The Kier molecular flexibility index (Phi) is 6.30. The SMILES string of the molecule is CC(=O)c1cc(Cl)c(C)c(N)c1OCCO[Si](C)(C)C(C)(C)C. The molecule has 0 bridgehead atoms. The highest BCUT2D eigenvalue weighted by molar-refractivity contribution is 6.74. The zero-order valence-corrected chi connectivity index (χ0v) is 16.9. The van der Waals surface area contributed by atoms with Gasteiger partial charge in [0.1, 0.15) is 6.61 Å². The number of nitrogen functional groups attached to an aromatic ring is 1. The molecule has 0 atom stereocenters. The molecule has 0 spiro atoms. The summed E-state index contributed by atoms with van der Waals surface area (Å²) in [6.07, 6.45) is 0. The molecule has 6 heteroatoms. The van der Waals surface area contributed by atoms with E-state index in [1.54, 1.807) is 13.0 Å². The van der Waals surface area contributed by atoms with Crippen molar-refractivity contribution in [3.8, 4) is 5.75 Å². The molecule has 0 unspecified atom stereocenters. The number of carbonyl (C=O) groups excluding carboxylic acids is 1. The Hall–Kier alpha value is -1.04. The van der Waals surface area contributed by atoms with E-state index in [9.17, 15) is 4.79 Å². The molecule has 0 aromatic heterocycles. The fraction of sp³-hybridized carbons (Fsp3) is 0.588. The monoisotopic (exact) mass is 357 g/mol. The second-order valence-electron chi connectivity index (χ2n) is 7.29. The molecule has 1 rings (SSSR count). The molecule has 0 aliphatic carbocycles. The molecule has 0 fully saturated rings. The van der Waals surface area contributed by atoms with Crippen molar-refractivity contribution in [3.63, 3.8) is 0 Å². The highest BCUT2D eigenvalue weighted by Gasteiger charge is 2.36. The Bertz CT molecular complexity index is 594. The fourth-order valence-electron chi connectivity index (χ4n) is 1.82. The van der Waals surface area contributed by atoms with Gasteiger partial charge < -0.3 is 14.9 Å². The lowest BCUT2D eigenvalue weighted by atomic mass is 10.1. The van der Waals surface area contributed by atoms with Gasteiger partial charge >= 0.3 is 0 Å². The topological polar surface area (TPSA) is 61.6 Å². The van der Waals surface area contributed by atoms with E-state index in [1.807, 2.05) is 0 Å². The minimum Gasteiger partial charge on any atom is -0.488 e. The van der Waals surface area contributed by atoms with Gasteiger partial charge in [-0.1, -0.05) is 32.4 Å². The third-order valence-electron chi connectivity index (χ3n) is 4.50. The first kappa shape index (κ1) is 20.0. The highest BCUT2D eigenvalue weighted by Crippen LogP contribution is 2.37. The van der Waals surface area contributed by atoms with Crippen molar-refractivity contribution in [2.45, 2.75) is 52.8 Å². The lowest BCUT2D eigenvalue weighted by Crippen LogP contribution is -2.41. The van der Waals surface area contributed by atoms with Gasteiger partial charge in [0.25, 0.3) is 0 Å². The van der Waals surface area contributed by atoms with Crippen LogP contribution in [0.25, 0.3) is 0 Å². The number of anilines is 1. The van der Waals surface area contributed by atoms with Gasteiger partial charge in [0.15, 0.2) is 19.9 Å². The molecule has 2 N–H and O–H groups in total. The first-order valence-corrected chi connectivity index (χ1v) is 11.0. The molecule has 0 amide bonds. The minimum atomic E-state index is -1.81. The average molecular weight is 358 g/mol. The standard InChI is InChI=1S/C17H28ClNO3Si/c1-11-14(18)10-13(12(2)20)16(15(11)19)21-8-9-22-23(6,7)17(3,4)5/h10H,8-9,19H2,1-7H3. The smallest absolute Gasteiger partial charge is 0.192 e. The largest absolute Gasteiger partial charge is 0.488 e. The Morgan fingerprint density at radius 2 is 1.87 bits per heavy atom. The molecule has 0 saturated carbocycles. The van der Waals surface area contributed by atoms with Crippen LogP contribution in [0.3, 0.4) is 0 Å². The fourth-order valence-corrected chi connectivity index (χ4v) is 3.06. The van der Waals surface area contributed by atoms with Gasteiger partial charge in [-0.3, -0.25) is 4.79 Å². The van der Waals surface area contributed by atoms with Crippen LogP contribution in [-0.4, -0.2) is 27.3 Å². The Morgan fingerprint density at radius 1 is 1.30 bits per heavy atom.